The number of hydrogen-bond donors (Lipinski definition) is 1. The number of aromatic nitrogens is 2. The molecule has 102 valence electrons. The normalized spacial score (nSPS) is 10.6. The fourth-order valence-corrected chi connectivity index (χ4v) is 2.63. The molecule has 0 aliphatic rings. The molecule has 0 aliphatic carbocycles. The van der Waals surface area contributed by atoms with Gasteiger partial charge >= 0.3 is 0 Å². The summed E-state index contributed by atoms with van der Waals surface area (Å²) in [5.41, 5.74) is 1.02. The quantitative estimate of drug-likeness (QED) is 0.791. The third kappa shape index (κ3) is 3.75. The number of rotatable bonds is 7. The van der Waals surface area contributed by atoms with Crippen LogP contribution in [0.5, 0.6) is 5.75 Å². The molecule has 2 aromatic rings. The Morgan fingerprint density at radius 3 is 2.84 bits per heavy atom. The second-order valence-corrected chi connectivity index (χ2v) is 5.10. The Hall–Kier alpha value is -1.46. The fourth-order valence-electron chi connectivity index (χ4n) is 1.76. The molecule has 19 heavy (non-hydrogen) atoms. The summed E-state index contributed by atoms with van der Waals surface area (Å²) >= 11 is 1.63. The third-order valence-corrected chi connectivity index (χ3v) is 3.67. The molecular weight excluding hydrogens is 258 g/mol. The summed E-state index contributed by atoms with van der Waals surface area (Å²) in [6.07, 6.45) is 0.919. The summed E-state index contributed by atoms with van der Waals surface area (Å²) in [6.45, 7) is 6.67. The van der Waals surface area contributed by atoms with Gasteiger partial charge in [-0.3, -0.25) is 0 Å². The van der Waals surface area contributed by atoms with E-state index in [-0.39, 0.29) is 0 Å². The van der Waals surface area contributed by atoms with E-state index in [0.717, 1.165) is 40.8 Å². The maximum atomic E-state index is 5.63. The van der Waals surface area contributed by atoms with Gasteiger partial charge in [-0.1, -0.05) is 30.4 Å². The summed E-state index contributed by atoms with van der Waals surface area (Å²) in [5, 5.41) is 13.8. The van der Waals surface area contributed by atoms with Crippen molar-refractivity contribution in [2.24, 2.45) is 0 Å². The lowest BCUT2D eigenvalue weighted by Crippen LogP contribution is -2.15. The zero-order chi connectivity index (χ0) is 13.5. The molecule has 2 rings (SSSR count). The summed E-state index contributed by atoms with van der Waals surface area (Å²) in [6, 6.07) is 7.97. The molecule has 0 saturated carbocycles. The van der Waals surface area contributed by atoms with Crippen LogP contribution in [0.3, 0.4) is 0 Å². The first-order valence-corrected chi connectivity index (χ1v) is 7.42. The summed E-state index contributed by atoms with van der Waals surface area (Å²) in [4.78, 5) is 0. The smallest absolute Gasteiger partial charge is 0.151 e. The Kier molecular flexibility index (Phi) is 5.30. The van der Waals surface area contributed by atoms with Crippen LogP contribution in [0.2, 0.25) is 0 Å². The van der Waals surface area contributed by atoms with Crippen molar-refractivity contribution in [2.75, 3.05) is 19.7 Å². The van der Waals surface area contributed by atoms with Crippen molar-refractivity contribution in [3.8, 4) is 16.3 Å². The van der Waals surface area contributed by atoms with Gasteiger partial charge in [0.15, 0.2) is 5.01 Å². The molecular formula is C14H19N3OS. The molecule has 5 heteroatoms. The van der Waals surface area contributed by atoms with Crippen molar-refractivity contribution in [1.82, 2.24) is 15.5 Å². The first-order valence-electron chi connectivity index (χ1n) is 6.60. The second kappa shape index (κ2) is 7.21. The first-order chi connectivity index (χ1) is 9.35. The molecule has 1 aromatic heterocycles. The fraction of sp³-hybridized carbons (Fsp3) is 0.429. The van der Waals surface area contributed by atoms with E-state index in [1.54, 1.807) is 11.3 Å². The molecule has 4 nitrogen and oxygen atoms in total. The molecule has 0 atom stereocenters. The average Bonchev–Trinajstić information content (AvgIpc) is 2.89. The largest absolute Gasteiger partial charge is 0.493 e. The van der Waals surface area contributed by atoms with Crippen LogP contribution in [0.4, 0.5) is 0 Å². The molecule has 1 N–H and O–H groups in total. The van der Waals surface area contributed by atoms with Crippen LogP contribution in [0.25, 0.3) is 10.6 Å². The van der Waals surface area contributed by atoms with Gasteiger partial charge in [-0.05, 0) is 25.6 Å². The van der Waals surface area contributed by atoms with Gasteiger partial charge in [0.25, 0.3) is 0 Å². The zero-order valence-electron chi connectivity index (χ0n) is 11.3. The van der Waals surface area contributed by atoms with Crippen molar-refractivity contribution in [2.45, 2.75) is 20.3 Å². The maximum Gasteiger partial charge on any atom is 0.151 e. The topological polar surface area (TPSA) is 47.0 Å². The molecule has 0 radical (unpaired) electrons. The highest BCUT2D eigenvalue weighted by molar-refractivity contribution is 7.14. The van der Waals surface area contributed by atoms with Crippen LogP contribution in [-0.4, -0.2) is 29.9 Å². The van der Waals surface area contributed by atoms with E-state index in [1.807, 2.05) is 31.2 Å². The number of ether oxygens (including phenoxy) is 1. The number of nitrogens with zero attached hydrogens (tertiary/aromatic N) is 2. The highest BCUT2D eigenvalue weighted by Gasteiger charge is 2.11. The van der Waals surface area contributed by atoms with E-state index < -0.39 is 0 Å². The predicted octanol–water partition coefficient (Wildman–Crippen LogP) is 2.76. The molecule has 0 saturated heterocycles. The lowest BCUT2D eigenvalue weighted by atomic mass is 10.2. The monoisotopic (exact) mass is 277 g/mol. The summed E-state index contributed by atoms with van der Waals surface area (Å²) < 4.78 is 5.63. The van der Waals surface area contributed by atoms with Gasteiger partial charge in [0, 0.05) is 13.0 Å². The van der Waals surface area contributed by atoms with Gasteiger partial charge in [-0.2, -0.15) is 0 Å². The third-order valence-electron chi connectivity index (χ3n) is 2.65. The molecule has 1 aromatic carbocycles. The Balaban J connectivity index is 2.13. The van der Waals surface area contributed by atoms with Gasteiger partial charge in [0.2, 0.25) is 0 Å². The van der Waals surface area contributed by atoms with Crippen LogP contribution in [0, 0.1) is 0 Å². The molecule has 0 bridgehead atoms. The van der Waals surface area contributed by atoms with Crippen LogP contribution < -0.4 is 10.1 Å². The second-order valence-electron chi connectivity index (χ2n) is 4.03. The maximum absolute atomic E-state index is 5.63. The van der Waals surface area contributed by atoms with Crippen LogP contribution in [0.1, 0.15) is 18.9 Å². The molecule has 0 amide bonds. The Morgan fingerprint density at radius 2 is 2.05 bits per heavy atom. The van der Waals surface area contributed by atoms with E-state index in [1.165, 1.54) is 0 Å². The molecule has 1 heterocycles. The van der Waals surface area contributed by atoms with Gasteiger partial charge < -0.3 is 10.1 Å². The van der Waals surface area contributed by atoms with Crippen molar-refractivity contribution in [3.63, 3.8) is 0 Å². The van der Waals surface area contributed by atoms with Crippen LogP contribution >= 0.6 is 11.3 Å². The van der Waals surface area contributed by atoms with Crippen molar-refractivity contribution in [1.29, 1.82) is 0 Å². The minimum atomic E-state index is 0.656. The molecule has 0 spiro atoms. The number of hydrogen-bond acceptors (Lipinski definition) is 5. The van der Waals surface area contributed by atoms with E-state index in [4.69, 9.17) is 4.74 Å². The van der Waals surface area contributed by atoms with E-state index in [9.17, 15) is 0 Å². The number of likely N-dealkylation sites (N-methyl/N-ethyl adjacent to an activating group) is 1. The average molecular weight is 277 g/mol. The Bertz CT molecular complexity index is 513. The van der Waals surface area contributed by atoms with Gasteiger partial charge in [0.05, 0.1) is 12.2 Å². The van der Waals surface area contributed by atoms with Crippen molar-refractivity contribution in [3.05, 3.63) is 29.3 Å². The Labute approximate surface area is 117 Å². The predicted molar refractivity (Wildman–Crippen MR) is 78.8 cm³/mol. The summed E-state index contributed by atoms with van der Waals surface area (Å²) in [5.74, 6) is 0.874. The highest BCUT2D eigenvalue weighted by atomic mass is 32.1. The van der Waals surface area contributed by atoms with Gasteiger partial charge in [0.1, 0.15) is 10.8 Å². The standard InChI is InChI=1S/C14H19N3OS/c1-3-15-10-9-13-16-17-14(19-13)11-7-5-6-8-12(11)18-4-2/h5-8,15H,3-4,9-10H2,1-2H3. The number of benzene rings is 1. The van der Waals surface area contributed by atoms with Crippen LogP contribution in [-0.2, 0) is 6.42 Å². The minimum Gasteiger partial charge on any atom is -0.493 e. The van der Waals surface area contributed by atoms with Crippen molar-refractivity contribution < 1.29 is 4.74 Å². The molecule has 0 fully saturated rings. The van der Waals surface area contributed by atoms with E-state index >= 15 is 0 Å². The van der Waals surface area contributed by atoms with E-state index in [2.05, 4.69) is 22.4 Å². The van der Waals surface area contributed by atoms with Gasteiger partial charge in [-0.25, -0.2) is 0 Å². The van der Waals surface area contributed by atoms with Crippen molar-refractivity contribution >= 4 is 11.3 Å². The minimum absolute atomic E-state index is 0.656. The lowest BCUT2D eigenvalue weighted by molar-refractivity contribution is 0.341. The zero-order valence-corrected chi connectivity index (χ0v) is 12.2. The number of para-hydroxylation sites is 1. The lowest BCUT2D eigenvalue weighted by Gasteiger charge is -2.06. The first kappa shape index (κ1) is 14.0. The molecule has 0 unspecified atom stereocenters. The number of nitrogens with one attached hydrogen (secondary N) is 1. The highest BCUT2D eigenvalue weighted by Crippen LogP contribution is 2.31. The van der Waals surface area contributed by atoms with Gasteiger partial charge in [-0.15, -0.1) is 10.2 Å². The van der Waals surface area contributed by atoms with Crippen LogP contribution in [0.15, 0.2) is 24.3 Å². The summed E-state index contributed by atoms with van der Waals surface area (Å²) in [7, 11) is 0. The Morgan fingerprint density at radius 1 is 1.21 bits per heavy atom. The van der Waals surface area contributed by atoms with E-state index in [0.29, 0.717) is 6.61 Å². The molecule has 0 aliphatic heterocycles. The SMILES string of the molecule is CCNCCc1nnc(-c2ccccc2OCC)s1.